The van der Waals surface area contributed by atoms with Crippen molar-refractivity contribution in [2.24, 2.45) is 11.8 Å². The van der Waals surface area contributed by atoms with Gasteiger partial charge in [-0.25, -0.2) is 0 Å². The lowest BCUT2D eigenvalue weighted by Crippen LogP contribution is -2.41. The fraction of sp³-hybridized carbons (Fsp3) is 0.882. The first-order valence-corrected chi connectivity index (χ1v) is 8.87. The Morgan fingerprint density at radius 2 is 1.64 bits per heavy atom. The molecule has 5 nitrogen and oxygen atoms in total. The van der Waals surface area contributed by atoms with E-state index in [1.807, 2.05) is 0 Å². The summed E-state index contributed by atoms with van der Waals surface area (Å²) in [5.41, 5.74) is 0. The lowest BCUT2D eigenvalue weighted by molar-refractivity contribution is -0.126. The highest BCUT2D eigenvalue weighted by atomic mass is 16.3. The van der Waals surface area contributed by atoms with Gasteiger partial charge in [0.05, 0.1) is 6.61 Å². The zero-order chi connectivity index (χ0) is 15.8. The Hall–Kier alpha value is -1.10. The molecule has 0 aromatic heterocycles. The molecule has 0 saturated heterocycles. The van der Waals surface area contributed by atoms with Gasteiger partial charge in [0, 0.05) is 24.9 Å². The Kier molecular flexibility index (Phi) is 7.16. The molecule has 0 aromatic carbocycles. The number of aliphatic hydroxyl groups is 1. The molecule has 2 aliphatic carbocycles. The van der Waals surface area contributed by atoms with Crippen LogP contribution < -0.4 is 10.6 Å². The molecular formula is C17H30N2O3. The molecule has 0 bridgehead atoms. The van der Waals surface area contributed by atoms with Crippen LogP contribution >= 0.6 is 0 Å². The van der Waals surface area contributed by atoms with Gasteiger partial charge in [0.2, 0.25) is 11.8 Å². The summed E-state index contributed by atoms with van der Waals surface area (Å²) in [6, 6.07) is 0.234. The average molecular weight is 310 g/mol. The van der Waals surface area contributed by atoms with Gasteiger partial charge < -0.3 is 15.7 Å². The fourth-order valence-corrected chi connectivity index (χ4v) is 3.76. The summed E-state index contributed by atoms with van der Waals surface area (Å²) in [6.07, 6.45) is 10.4. The molecule has 2 amide bonds. The summed E-state index contributed by atoms with van der Waals surface area (Å²) in [4.78, 5) is 24.0. The van der Waals surface area contributed by atoms with E-state index in [4.69, 9.17) is 5.11 Å². The lowest BCUT2D eigenvalue weighted by atomic mass is 9.84. The number of carbonyl (C=O) groups is 2. The molecule has 0 atom stereocenters. The van der Waals surface area contributed by atoms with E-state index in [1.54, 1.807) is 0 Å². The van der Waals surface area contributed by atoms with Crippen LogP contribution in [0.1, 0.15) is 64.2 Å². The van der Waals surface area contributed by atoms with E-state index >= 15 is 0 Å². The quantitative estimate of drug-likeness (QED) is 0.699. The van der Waals surface area contributed by atoms with Gasteiger partial charge in [-0.05, 0) is 44.4 Å². The van der Waals surface area contributed by atoms with Crippen LogP contribution in [0.4, 0.5) is 0 Å². The molecule has 2 fully saturated rings. The van der Waals surface area contributed by atoms with Crippen molar-refractivity contribution in [3.05, 3.63) is 0 Å². The van der Waals surface area contributed by atoms with Crippen LogP contribution in [0.25, 0.3) is 0 Å². The molecule has 126 valence electrons. The Balaban J connectivity index is 1.64. The highest BCUT2D eigenvalue weighted by molar-refractivity contribution is 5.79. The number of amides is 2. The van der Waals surface area contributed by atoms with Gasteiger partial charge >= 0.3 is 0 Å². The van der Waals surface area contributed by atoms with E-state index in [1.165, 1.54) is 32.1 Å². The first kappa shape index (κ1) is 17.3. The fourth-order valence-electron chi connectivity index (χ4n) is 3.76. The summed E-state index contributed by atoms with van der Waals surface area (Å²) >= 11 is 0. The molecule has 3 N–H and O–H groups in total. The van der Waals surface area contributed by atoms with Crippen LogP contribution in [0.3, 0.4) is 0 Å². The van der Waals surface area contributed by atoms with Gasteiger partial charge in [0.1, 0.15) is 0 Å². The van der Waals surface area contributed by atoms with Crippen molar-refractivity contribution in [3.8, 4) is 0 Å². The third-order valence-corrected chi connectivity index (χ3v) is 5.07. The molecule has 0 aromatic rings. The number of rotatable bonds is 6. The van der Waals surface area contributed by atoms with Gasteiger partial charge in [-0.1, -0.05) is 19.3 Å². The van der Waals surface area contributed by atoms with Crippen molar-refractivity contribution in [1.82, 2.24) is 10.6 Å². The third kappa shape index (κ3) is 5.59. The summed E-state index contributed by atoms with van der Waals surface area (Å²) in [7, 11) is 0. The van der Waals surface area contributed by atoms with Crippen molar-refractivity contribution in [2.75, 3.05) is 13.2 Å². The highest BCUT2D eigenvalue weighted by Crippen LogP contribution is 2.27. The Morgan fingerprint density at radius 3 is 2.27 bits per heavy atom. The molecule has 5 heteroatoms. The summed E-state index contributed by atoms with van der Waals surface area (Å²) in [5.74, 6) is 0.855. The van der Waals surface area contributed by atoms with Crippen molar-refractivity contribution in [2.45, 2.75) is 70.3 Å². The van der Waals surface area contributed by atoms with Crippen LogP contribution in [-0.2, 0) is 9.59 Å². The molecule has 0 aliphatic heterocycles. The van der Waals surface area contributed by atoms with E-state index in [0.717, 1.165) is 25.7 Å². The maximum absolute atomic E-state index is 12.1. The Morgan fingerprint density at radius 1 is 0.955 bits per heavy atom. The molecule has 0 radical (unpaired) electrons. The smallest absolute Gasteiger partial charge is 0.223 e. The third-order valence-electron chi connectivity index (χ3n) is 5.07. The van der Waals surface area contributed by atoms with Gasteiger partial charge in [-0.15, -0.1) is 0 Å². The first-order chi connectivity index (χ1) is 10.7. The summed E-state index contributed by atoms with van der Waals surface area (Å²) < 4.78 is 0. The Bertz CT molecular complexity index is 359. The number of aliphatic hydroxyl groups excluding tert-OH is 1. The largest absolute Gasteiger partial charge is 0.395 e. The first-order valence-electron chi connectivity index (χ1n) is 8.87. The summed E-state index contributed by atoms with van der Waals surface area (Å²) in [6.45, 7) is 0.315. The predicted octanol–water partition coefficient (Wildman–Crippen LogP) is 1.74. The maximum atomic E-state index is 12.1. The normalized spacial score (nSPS) is 26.4. The molecule has 22 heavy (non-hydrogen) atoms. The SMILES string of the molecule is O=C(CC1CCCCC1)NC1CCC(C(=O)NCCO)CC1. The van der Waals surface area contributed by atoms with Crippen molar-refractivity contribution in [3.63, 3.8) is 0 Å². The standard InChI is InChI=1S/C17H30N2O3/c20-11-10-18-17(22)14-6-8-15(9-7-14)19-16(21)12-13-4-2-1-3-5-13/h13-15,20H,1-12H2,(H,18,22)(H,19,21). The highest BCUT2D eigenvalue weighted by Gasteiger charge is 2.27. The molecule has 2 rings (SSSR count). The second kappa shape index (κ2) is 9.13. The average Bonchev–Trinajstić information content (AvgIpc) is 2.54. The molecule has 2 saturated carbocycles. The van der Waals surface area contributed by atoms with Crippen molar-refractivity contribution >= 4 is 11.8 Å². The van der Waals surface area contributed by atoms with Gasteiger partial charge in [-0.2, -0.15) is 0 Å². The van der Waals surface area contributed by atoms with Crippen LogP contribution in [0, 0.1) is 11.8 Å². The topological polar surface area (TPSA) is 78.4 Å². The molecular weight excluding hydrogens is 280 g/mol. The van der Waals surface area contributed by atoms with Gasteiger partial charge in [0.25, 0.3) is 0 Å². The van der Waals surface area contributed by atoms with Crippen LogP contribution in [0.5, 0.6) is 0 Å². The number of hydrogen-bond acceptors (Lipinski definition) is 3. The number of hydrogen-bond donors (Lipinski definition) is 3. The lowest BCUT2D eigenvalue weighted by Gasteiger charge is -2.29. The van der Waals surface area contributed by atoms with Gasteiger partial charge in [-0.3, -0.25) is 9.59 Å². The van der Waals surface area contributed by atoms with E-state index in [9.17, 15) is 9.59 Å². The molecule has 0 heterocycles. The minimum Gasteiger partial charge on any atom is -0.395 e. The van der Waals surface area contributed by atoms with E-state index in [0.29, 0.717) is 18.9 Å². The van der Waals surface area contributed by atoms with Crippen LogP contribution in [-0.4, -0.2) is 36.1 Å². The second-order valence-electron chi connectivity index (χ2n) is 6.84. The molecule has 2 aliphatic rings. The minimum absolute atomic E-state index is 0.0156. The van der Waals surface area contributed by atoms with E-state index in [-0.39, 0.29) is 30.4 Å². The van der Waals surface area contributed by atoms with E-state index < -0.39 is 0 Å². The van der Waals surface area contributed by atoms with Crippen LogP contribution in [0.15, 0.2) is 0 Å². The number of nitrogens with one attached hydrogen (secondary N) is 2. The number of carbonyl (C=O) groups excluding carboxylic acids is 2. The monoisotopic (exact) mass is 310 g/mol. The second-order valence-corrected chi connectivity index (χ2v) is 6.84. The van der Waals surface area contributed by atoms with Gasteiger partial charge in [0.15, 0.2) is 0 Å². The molecule has 0 unspecified atom stereocenters. The zero-order valence-electron chi connectivity index (χ0n) is 13.5. The zero-order valence-corrected chi connectivity index (χ0v) is 13.5. The predicted molar refractivity (Wildman–Crippen MR) is 85.2 cm³/mol. The Labute approximate surface area is 133 Å². The maximum Gasteiger partial charge on any atom is 0.223 e. The molecule has 0 spiro atoms. The van der Waals surface area contributed by atoms with Crippen molar-refractivity contribution in [1.29, 1.82) is 0 Å². The summed E-state index contributed by atoms with van der Waals surface area (Å²) in [5, 5.41) is 14.6. The van der Waals surface area contributed by atoms with Crippen molar-refractivity contribution < 1.29 is 14.7 Å². The minimum atomic E-state index is -0.0156. The van der Waals surface area contributed by atoms with Crippen LogP contribution in [0.2, 0.25) is 0 Å². The van der Waals surface area contributed by atoms with E-state index in [2.05, 4.69) is 10.6 Å².